The number of anilines is 1. The fraction of sp³-hybridized carbons (Fsp3) is 0.625. The van der Waals surface area contributed by atoms with Gasteiger partial charge in [0.05, 0.1) is 0 Å². The van der Waals surface area contributed by atoms with Gasteiger partial charge in [-0.3, -0.25) is 4.90 Å². The molecule has 0 atom stereocenters. The summed E-state index contributed by atoms with van der Waals surface area (Å²) in [4.78, 5) is 5.20. The van der Waals surface area contributed by atoms with Crippen LogP contribution in [0.15, 0.2) is 18.2 Å². The Hall–Kier alpha value is -1.06. The maximum absolute atomic E-state index is 3.48. The normalized spacial score (nSPS) is 22.1. The fourth-order valence-electron chi connectivity index (χ4n) is 3.19. The lowest BCUT2D eigenvalue weighted by Crippen LogP contribution is -2.60. The summed E-state index contributed by atoms with van der Waals surface area (Å²) in [7, 11) is 0. The van der Waals surface area contributed by atoms with Gasteiger partial charge in [-0.05, 0) is 50.6 Å². The molecule has 104 valence electrons. The average molecular weight is 259 g/mol. The summed E-state index contributed by atoms with van der Waals surface area (Å²) >= 11 is 0. The van der Waals surface area contributed by atoms with Crippen molar-refractivity contribution in [1.82, 2.24) is 10.2 Å². The molecule has 1 aromatic carbocycles. The summed E-state index contributed by atoms with van der Waals surface area (Å²) in [6.45, 7) is 11.7. The van der Waals surface area contributed by atoms with Gasteiger partial charge < -0.3 is 10.2 Å². The predicted octanol–water partition coefficient (Wildman–Crippen LogP) is 1.79. The highest BCUT2D eigenvalue weighted by atomic mass is 15.3. The first-order valence-corrected chi connectivity index (χ1v) is 7.51. The van der Waals surface area contributed by atoms with E-state index in [1.807, 2.05) is 0 Å². The summed E-state index contributed by atoms with van der Waals surface area (Å²) in [6, 6.07) is 7.42. The maximum Gasteiger partial charge on any atom is 0.0447 e. The van der Waals surface area contributed by atoms with Crippen molar-refractivity contribution < 1.29 is 0 Å². The molecule has 0 aliphatic carbocycles. The molecule has 2 heterocycles. The number of rotatable bonds is 2. The zero-order valence-electron chi connectivity index (χ0n) is 12.2. The molecule has 3 rings (SSSR count). The molecule has 2 fully saturated rings. The van der Waals surface area contributed by atoms with Crippen LogP contribution in [0.1, 0.15) is 17.5 Å². The lowest BCUT2D eigenvalue weighted by Gasteiger charge is -2.47. The minimum atomic E-state index is 0.764. The Balaban J connectivity index is 1.61. The summed E-state index contributed by atoms with van der Waals surface area (Å²) < 4.78 is 0. The van der Waals surface area contributed by atoms with Gasteiger partial charge in [-0.1, -0.05) is 12.1 Å². The van der Waals surface area contributed by atoms with Crippen molar-refractivity contribution in [2.45, 2.75) is 26.3 Å². The van der Waals surface area contributed by atoms with Gasteiger partial charge in [0.15, 0.2) is 0 Å². The summed E-state index contributed by atoms with van der Waals surface area (Å²) in [6.07, 6.45) is 1.29. The number of benzene rings is 1. The summed E-state index contributed by atoms with van der Waals surface area (Å²) in [5, 5.41) is 3.48. The number of aryl methyl sites for hydroxylation is 1. The van der Waals surface area contributed by atoms with Gasteiger partial charge in [0.2, 0.25) is 0 Å². The number of nitrogens with zero attached hydrogens (tertiary/aromatic N) is 2. The highest BCUT2D eigenvalue weighted by Crippen LogP contribution is 2.28. The third kappa shape index (κ3) is 2.63. The molecule has 0 radical (unpaired) electrons. The van der Waals surface area contributed by atoms with Crippen LogP contribution < -0.4 is 10.2 Å². The lowest BCUT2D eigenvalue weighted by molar-refractivity contribution is 0.177. The van der Waals surface area contributed by atoms with Crippen LogP contribution in [0.25, 0.3) is 0 Å². The molecule has 0 saturated carbocycles. The monoisotopic (exact) mass is 259 g/mol. The Bertz CT molecular complexity index is 430. The van der Waals surface area contributed by atoms with Crippen molar-refractivity contribution in [2.75, 3.05) is 44.2 Å². The van der Waals surface area contributed by atoms with Crippen LogP contribution in [0.3, 0.4) is 0 Å². The molecule has 3 heteroatoms. The van der Waals surface area contributed by atoms with Gasteiger partial charge >= 0.3 is 0 Å². The highest BCUT2D eigenvalue weighted by molar-refractivity contribution is 5.58. The van der Waals surface area contributed by atoms with E-state index in [0.29, 0.717) is 0 Å². The quantitative estimate of drug-likeness (QED) is 0.873. The van der Waals surface area contributed by atoms with Gasteiger partial charge in [-0.25, -0.2) is 0 Å². The van der Waals surface area contributed by atoms with E-state index < -0.39 is 0 Å². The molecular formula is C16H25N3. The van der Waals surface area contributed by atoms with Crippen molar-refractivity contribution in [3.63, 3.8) is 0 Å². The number of nitrogens with one attached hydrogen (secondary N) is 1. The fourth-order valence-corrected chi connectivity index (χ4v) is 3.19. The molecule has 0 amide bonds. The molecule has 2 aliphatic heterocycles. The predicted molar refractivity (Wildman–Crippen MR) is 81.0 cm³/mol. The van der Waals surface area contributed by atoms with E-state index in [9.17, 15) is 0 Å². The van der Waals surface area contributed by atoms with Crippen LogP contribution in [0.2, 0.25) is 0 Å². The molecule has 19 heavy (non-hydrogen) atoms. The van der Waals surface area contributed by atoms with Crippen molar-refractivity contribution in [3.8, 4) is 0 Å². The van der Waals surface area contributed by atoms with E-state index in [2.05, 4.69) is 47.2 Å². The summed E-state index contributed by atoms with van der Waals surface area (Å²) in [5.41, 5.74) is 4.28. The Kier molecular flexibility index (Phi) is 3.76. The Morgan fingerprint density at radius 2 is 1.95 bits per heavy atom. The van der Waals surface area contributed by atoms with Crippen molar-refractivity contribution in [3.05, 3.63) is 29.3 Å². The third-order valence-corrected chi connectivity index (χ3v) is 4.67. The first-order chi connectivity index (χ1) is 9.25. The van der Waals surface area contributed by atoms with Crippen molar-refractivity contribution >= 4 is 5.69 Å². The van der Waals surface area contributed by atoms with Crippen LogP contribution in [-0.4, -0.2) is 50.2 Å². The van der Waals surface area contributed by atoms with Crippen LogP contribution in [-0.2, 0) is 0 Å². The Morgan fingerprint density at radius 3 is 2.79 bits per heavy atom. The van der Waals surface area contributed by atoms with Crippen LogP contribution in [0.4, 0.5) is 5.69 Å². The van der Waals surface area contributed by atoms with Crippen molar-refractivity contribution in [1.29, 1.82) is 0 Å². The molecule has 1 aromatic rings. The minimum absolute atomic E-state index is 0.764. The lowest BCUT2D eigenvalue weighted by atomic mass is 10.0. The second-order valence-corrected chi connectivity index (χ2v) is 5.92. The van der Waals surface area contributed by atoms with E-state index in [1.54, 1.807) is 0 Å². The van der Waals surface area contributed by atoms with E-state index in [4.69, 9.17) is 0 Å². The molecule has 1 N–H and O–H groups in total. The molecular weight excluding hydrogens is 234 g/mol. The van der Waals surface area contributed by atoms with Gasteiger partial charge in [-0.15, -0.1) is 0 Å². The zero-order valence-corrected chi connectivity index (χ0v) is 12.2. The van der Waals surface area contributed by atoms with Crippen LogP contribution in [0, 0.1) is 13.8 Å². The summed E-state index contributed by atoms with van der Waals surface area (Å²) in [5.74, 6) is 0. The molecule has 2 saturated heterocycles. The van der Waals surface area contributed by atoms with Gasteiger partial charge in [0.25, 0.3) is 0 Å². The third-order valence-electron chi connectivity index (χ3n) is 4.67. The number of hydrogen-bond donors (Lipinski definition) is 1. The van der Waals surface area contributed by atoms with E-state index in [0.717, 1.165) is 12.6 Å². The van der Waals surface area contributed by atoms with Gasteiger partial charge in [0, 0.05) is 37.9 Å². The maximum atomic E-state index is 3.48. The smallest absolute Gasteiger partial charge is 0.0447 e. The largest absolute Gasteiger partial charge is 0.368 e. The van der Waals surface area contributed by atoms with Crippen molar-refractivity contribution in [2.24, 2.45) is 0 Å². The van der Waals surface area contributed by atoms with E-state index in [1.165, 1.54) is 56.0 Å². The second kappa shape index (κ2) is 5.51. The number of hydrogen-bond acceptors (Lipinski definition) is 3. The zero-order chi connectivity index (χ0) is 13.2. The molecule has 2 aliphatic rings. The molecule has 0 bridgehead atoms. The van der Waals surface area contributed by atoms with Gasteiger partial charge in [0.1, 0.15) is 0 Å². The standard InChI is InChI=1S/C16H25N3/c1-13-5-3-6-16(14(13)2)19-11-15(12-19)18-9-4-7-17-8-10-18/h3,5-6,15,17H,4,7-12H2,1-2H3. The van der Waals surface area contributed by atoms with Gasteiger partial charge in [-0.2, -0.15) is 0 Å². The molecule has 0 aromatic heterocycles. The molecule has 0 spiro atoms. The Labute approximate surface area is 116 Å². The minimum Gasteiger partial charge on any atom is -0.368 e. The Morgan fingerprint density at radius 1 is 1.11 bits per heavy atom. The highest BCUT2D eigenvalue weighted by Gasteiger charge is 2.32. The average Bonchev–Trinajstić information content (AvgIpc) is 2.62. The molecule has 0 unspecified atom stereocenters. The van der Waals surface area contributed by atoms with Crippen LogP contribution in [0.5, 0.6) is 0 Å². The van der Waals surface area contributed by atoms with E-state index >= 15 is 0 Å². The first-order valence-electron chi connectivity index (χ1n) is 7.51. The topological polar surface area (TPSA) is 18.5 Å². The first kappa shape index (κ1) is 12.9. The van der Waals surface area contributed by atoms with Crippen LogP contribution >= 0.6 is 0 Å². The second-order valence-electron chi connectivity index (χ2n) is 5.92. The SMILES string of the molecule is Cc1cccc(N2CC(N3CCCNCC3)C2)c1C. The molecule has 3 nitrogen and oxygen atoms in total. The van der Waals surface area contributed by atoms with E-state index in [-0.39, 0.29) is 0 Å².